The van der Waals surface area contributed by atoms with Crippen molar-refractivity contribution in [1.82, 2.24) is 5.32 Å². The summed E-state index contributed by atoms with van der Waals surface area (Å²) in [6, 6.07) is 6.59. The molecule has 0 aliphatic carbocycles. The maximum atomic E-state index is 5.74. The van der Waals surface area contributed by atoms with Gasteiger partial charge in [-0.05, 0) is 64.3 Å². The van der Waals surface area contributed by atoms with E-state index in [2.05, 4.69) is 67.0 Å². The Morgan fingerprint density at radius 1 is 1.35 bits per heavy atom. The summed E-state index contributed by atoms with van der Waals surface area (Å²) in [5.74, 6) is 0.917. The van der Waals surface area contributed by atoms with Gasteiger partial charge in [0.15, 0.2) is 0 Å². The minimum atomic E-state index is 0.327. The number of thiophene rings is 1. The molecule has 1 unspecified atom stereocenters. The zero-order valence-corrected chi connectivity index (χ0v) is 15.4. The normalized spacial score (nSPS) is 12.4. The molecule has 20 heavy (non-hydrogen) atoms. The van der Waals surface area contributed by atoms with E-state index in [1.807, 2.05) is 13.0 Å². The van der Waals surface area contributed by atoms with Crippen LogP contribution in [-0.4, -0.2) is 6.61 Å². The van der Waals surface area contributed by atoms with E-state index >= 15 is 0 Å². The van der Waals surface area contributed by atoms with Gasteiger partial charge in [-0.25, -0.2) is 0 Å². The van der Waals surface area contributed by atoms with Crippen molar-refractivity contribution in [3.05, 3.63) is 49.0 Å². The van der Waals surface area contributed by atoms with Crippen LogP contribution < -0.4 is 10.1 Å². The van der Waals surface area contributed by atoms with Gasteiger partial charge >= 0.3 is 0 Å². The first-order valence-corrected chi connectivity index (χ1v) is 9.01. The highest BCUT2D eigenvalue weighted by Gasteiger charge is 2.12. The van der Waals surface area contributed by atoms with Crippen molar-refractivity contribution in [3.8, 4) is 5.75 Å². The number of halogens is 2. The molecule has 0 aliphatic rings. The Labute approximate surface area is 140 Å². The van der Waals surface area contributed by atoms with E-state index in [9.17, 15) is 0 Å². The van der Waals surface area contributed by atoms with Gasteiger partial charge in [0.25, 0.3) is 0 Å². The van der Waals surface area contributed by atoms with Gasteiger partial charge in [0.2, 0.25) is 0 Å². The Bertz CT molecular complexity index is 557. The van der Waals surface area contributed by atoms with Crippen LogP contribution in [0.3, 0.4) is 0 Å². The van der Waals surface area contributed by atoms with Crippen LogP contribution >= 0.6 is 43.2 Å². The van der Waals surface area contributed by atoms with E-state index in [0.717, 1.165) is 26.8 Å². The molecule has 0 saturated carbocycles. The first-order chi connectivity index (χ1) is 9.61. The molecular weight excluding hydrogens is 402 g/mol. The lowest BCUT2D eigenvalue weighted by molar-refractivity contribution is 0.332. The van der Waals surface area contributed by atoms with Crippen molar-refractivity contribution in [2.45, 2.75) is 26.4 Å². The molecule has 108 valence electrons. The molecule has 0 radical (unpaired) electrons. The molecule has 0 amide bonds. The smallest absolute Gasteiger partial charge is 0.138 e. The van der Waals surface area contributed by atoms with Gasteiger partial charge in [-0.15, -0.1) is 0 Å². The van der Waals surface area contributed by atoms with Gasteiger partial charge < -0.3 is 10.1 Å². The predicted molar refractivity (Wildman–Crippen MR) is 92.6 cm³/mol. The third kappa shape index (κ3) is 4.07. The largest absolute Gasteiger partial charge is 0.492 e. The fraction of sp³-hybridized carbons (Fsp3) is 0.333. The van der Waals surface area contributed by atoms with Gasteiger partial charge in [-0.2, -0.15) is 11.3 Å². The molecule has 1 atom stereocenters. The van der Waals surface area contributed by atoms with Gasteiger partial charge in [0, 0.05) is 22.6 Å². The maximum Gasteiger partial charge on any atom is 0.138 e. The number of rotatable bonds is 6. The SMILES string of the molecule is CCOc1c(Br)cc(Br)cc1CNC(C)c1ccsc1. The zero-order chi connectivity index (χ0) is 14.5. The second-order valence-corrected chi connectivity index (χ2v) is 7.02. The van der Waals surface area contributed by atoms with Crippen LogP contribution in [0.25, 0.3) is 0 Å². The maximum absolute atomic E-state index is 5.74. The van der Waals surface area contributed by atoms with Crippen LogP contribution in [0, 0.1) is 0 Å². The van der Waals surface area contributed by atoms with Crippen LogP contribution in [0.1, 0.15) is 31.0 Å². The summed E-state index contributed by atoms with van der Waals surface area (Å²) in [5.41, 5.74) is 2.47. The minimum absolute atomic E-state index is 0.327. The lowest BCUT2D eigenvalue weighted by Gasteiger charge is -2.16. The van der Waals surface area contributed by atoms with E-state index in [-0.39, 0.29) is 0 Å². The quantitative estimate of drug-likeness (QED) is 0.666. The van der Waals surface area contributed by atoms with E-state index in [4.69, 9.17) is 4.74 Å². The fourth-order valence-corrected chi connectivity index (χ4v) is 4.14. The molecule has 0 bridgehead atoms. The van der Waals surface area contributed by atoms with Crippen molar-refractivity contribution >= 4 is 43.2 Å². The number of hydrogen-bond acceptors (Lipinski definition) is 3. The predicted octanol–water partition coefficient (Wildman–Crippen LogP) is 5.52. The molecule has 1 N–H and O–H groups in total. The van der Waals surface area contributed by atoms with Crippen molar-refractivity contribution in [3.63, 3.8) is 0 Å². The third-order valence-corrected chi connectivity index (χ3v) is 4.76. The van der Waals surface area contributed by atoms with Crippen LogP contribution in [-0.2, 0) is 6.54 Å². The topological polar surface area (TPSA) is 21.3 Å². The average Bonchev–Trinajstić information content (AvgIpc) is 2.93. The first-order valence-electron chi connectivity index (χ1n) is 6.48. The zero-order valence-electron chi connectivity index (χ0n) is 11.5. The molecule has 0 aliphatic heterocycles. The van der Waals surface area contributed by atoms with Crippen LogP contribution in [0.4, 0.5) is 0 Å². The highest BCUT2D eigenvalue weighted by atomic mass is 79.9. The number of benzene rings is 1. The molecule has 1 aromatic carbocycles. The van der Waals surface area contributed by atoms with Crippen molar-refractivity contribution < 1.29 is 4.74 Å². The van der Waals surface area contributed by atoms with Crippen LogP contribution in [0.15, 0.2) is 37.9 Å². The Balaban J connectivity index is 2.12. The molecule has 2 rings (SSSR count). The Kier molecular flexibility index (Phi) is 6.08. The monoisotopic (exact) mass is 417 g/mol. The Hall–Kier alpha value is -0.360. The Morgan fingerprint density at radius 3 is 2.80 bits per heavy atom. The van der Waals surface area contributed by atoms with Gasteiger partial charge in [-0.1, -0.05) is 15.9 Å². The second-order valence-electron chi connectivity index (χ2n) is 4.47. The summed E-state index contributed by atoms with van der Waals surface area (Å²) < 4.78 is 7.77. The summed E-state index contributed by atoms with van der Waals surface area (Å²) in [4.78, 5) is 0. The van der Waals surface area contributed by atoms with E-state index in [1.165, 1.54) is 5.56 Å². The molecule has 0 spiro atoms. The second kappa shape index (κ2) is 7.59. The summed E-state index contributed by atoms with van der Waals surface area (Å²) in [6.07, 6.45) is 0. The van der Waals surface area contributed by atoms with E-state index < -0.39 is 0 Å². The highest BCUT2D eigenvalue weighted by molar-refractivity contribution is 9.11. The van der Waals surface area contributed by atoms with E-state index in [1.54, 1.807) is 11.3 Å². The molecule has 0 saturated heterocycles. The lowest BCUT2D eigenvalue weighted by Crippen LogP contribution is -2.18. The summed E-state index contributed by atoms with van der Waals surface area (Å²) in [7, 11) is 0. The minimum Gasteiger partial charge on any atom is -0.492 e. The van der Waals surface area contributed by atoms with Gasteiger partial charge in [0.05, 0.1) is 11.1 Å². The molecule has 1 aromatic heterocycles. The first kappa shape index (κ1) is 16.0. The number of hydrogen-bond donors (Lipinski definition) is 1. The molecule has 2 nitrogen and oxygen atoms in total. The molecule has 2 aromatic rings. The fourth-order valence-electron chi connectivity index (χ4n) is 1.95. The number of ether oxygens (including phenoxy) is 1. The average molecular weight is 419 g/mol. The van der Waals surface area contributed by atoms with Crippen molar-refractivity contribution in [2.24, 2.45) is 0 Å². The Morgan fingerprint density at radius 2 is 2.15 bits per heavy atom. The third-order valence-electron chi connectivity index (χ3n) is 3.02. The highest BCUT2D eigenvalue weighted by Crippen LogP contribution is 2.33. The van der Waals surface area contributed by atoms with Crippen LogP contribution in [0.2, 0.25) is 0 Å². The van der Waals surface area contributed by atoms with Crippen molar-refractivity contribution in [1.29, 1.82) is 0 Å². The number of nitrogens with one attached hydrogen (secondary N) is 1. The van der Waals surface area contributed by atoms with Crippen LogP contribution in [0.5, 0.6) is 5.75 Å². The lowest BCUT2D eigenvalue weighted by atomic mass is 10.1. The van der Waals surface area contributed by atoms with E-state index in [0.29, 0.717) is 12.6 Å². The van der Waals surface area contributed by atoms with Gasteiger partial charge in [0.1, 0.15) is 5.75 Å². The van der Waals surface area contributed by atoms with Gasteiger partial charge in [-0.3, -0.25) is 0 Å². The van der Waals surface area contributed by atoms with Crippen molar-refractivity contribution in [2.75, 3.05) is 6.61 Å². The molecule has 0 fully saturated rings. The molecule has 1 heterocycles. The summed E-state index contributed by atoms with van der Waals surface area (Å²) in [5, 5.41) is 7.82. The summed E-state index contributed by atoms with van der Waals surface area (Å²) in [6.45, 7) is 5.60. The standard InChI is InChI=1S/C15H17Br2NOS/c1-3-19-15-12(6-13(16)7-14(15)17)8-18-10(2)11-4-5-20-9-11/h4-7,9-10,18H,3,8H2,1-2H3. The summed E-state index contributed by atoms with van der Waals surface area (Å²) >= 11 is 8.82. The molecule has 5 heteroatoms. The molecular formula is C15H17Br2NOS.